The Morgan fingerprint density at radius 2 is 1.32 bits per heavy atom. The summed E-state index contributed by atoms with van der Waals surface area (Å²) in [6.45, 7) is 0. The highest BCUT2D eigenvalue weighted by atomic mass is 79.9. The second kappa shape index (κ2) is 4.96. The van der Waals surface area contributed by atoms with Crippen molar-refractivity contribution in [1.29, 1.82) is 0 Å². The fraction of sp³-hybridized carbons (Fsp3) is 0.429. The molecular weight excluding hydrogens is 308 g/mol. The van der Waals surface area contributed by atoms with Crippen LogP contribution >= 0.6 is 15.9 Å². The van der Waals surface area contributed by atoms with E-state index >= 15 is 0 Å². The van der Waals surface area contributed by atoms with Gasteiger partial charge in [-0.15, -0.1) is 0 Å². The van der Waals surface area contributed by atoms with Gasteiger partial charge in [-0.05, 0) is 43.9 Å². The van der Waals surface area contributed by atoms with Crippen molar-refractivity contribution in [2.24, 2.45) is 0 Å². The van der Waals surface area contributed by atoms with Crippen molar-refractivity contribution in [2.75, 3.05) is 0 Å². The van der Waals surface area contributed by atoms with Gasteiger partial charge in [0.1, 0.15) is 0 Å². The van der Waals surface area contributed by atoms with E-state index in [1.807, 2.05) is 0 Å². The number of carbonyl (C=O) groups excluding carboxylic acids is 2. The minimum atomic E-state index is -0.107. The Labute approximate surface area is 120 Å². The molecule has 0 unspecified atom stereocenters. The Kier molecular flexibility index (Phi) is 3.31. The number of rotatable bonds is 4. The number of amides is 2. The van der Waals surface area contributed by atoms with Gasteiger partial charge < -0.3 is 10.6 Å². The lowest BCUT2D eigenvalue weighted by molar-refractivity contribution is 0.0950. The van der Waals surface area contributed by atoms with Crippen molar-refractivity contribution in [3.05, 3.63) is 33.8 Å². The van der Waals surface area contributed by atoms with Crippen LogP contribution in [-0.4, -0.2) is 23.9 Å². The van der Waals surface area contributed by atoms with Crippen molar-refractivity contribution in [1.82, 2.24) is 10.6 Å². The van der Waals surface area contributed by atoms with E-state index in [0.29, 0.717) is 23.2 Å². The zero-order valence-corrected chi connectivity index (χ0v) is 12.0. The van der Waals surface area contributed by atoms with Crippen LogP contribution in [0.25, 0.3) is 0 Å². The Morgan fingerprint density at radius 3 is 1.68 bits per heavy atom. The second-order valence-electron chi connectivity index (χ2n) is 5.22. The van der Waals surface area contributed by atoms with Gasteiger partial charge in [-0.25, -0.2) is 0 Å². The first kappa shape index (κ1) is 12.7. The average Bonchev–Trinajstić information content (AvgIpc) is 3.23. The number of hydrogen-bond donors (Lipinski definition) is 2. The predicted molar refractivity (Wildman–Crippen MR) is 75.1 cm³/mol. The molecule has 3 rings (SSSR count). The maximum atomic E-state index is 12.0. The second-order valence-corrected chi connectivity index (χ2v) is 6.14. The largest absolute Gasteiger partial charge is 0.349 e. The van der Waals surface area contributed by atoms with Crippen LogP contribution in [0.4, 0.5) is 0 Å². The van der Waals surface area contributed by atoms with Gasteiger partial charge in [0.15, 0.2) is 0 Å². The average molecular weight is 323 g/mol. The molecule has 2 aliphatic carbocycles. The number of carbonyl (C=O) groups is 2. The summed E-state index contributed by atoms with van der Waals surface area (Å²) in [5.41, 5.74) is 1.06. The van der Waals surface area contributed by atoms with E-state index in [2.05, 4.69) is 26.6 Å². The van der Waals surface area contributed by atoms with E-state index in [1.165, 1.54) is 0 Å². The third-order valence-electron chi connectivity index (χ3n) is 3.25. The van der Waals surface area contributed by atoms with Gasteiger partial charge in [0.05, 0.1) is 0 Å². The quantitative estimate of drug-likeness (QED) is 0.893. The van der Waals surface area contributed by atoms with Crippen LogP contribution in [-0.2, 0) is 0 Å². The zero-order valence-electron chi connectivity index (χ0n) is 10.4. The van der Waals surface area contributed by atoms with Gasteiger partial charge in [0, 0.05) is 27.7 Å². The van der Waals surface area contributed by atoms with Crippen molar-refractivity contribution in [3.8, 4) is 0 Å². The van der Waals surface area contributed by atoms with Crippen molar-refractivity contribution < 1.29 is 9.59 Å². The number of benzene rings is 1. The fourth-order valence-corrected chi connectivity index (χ4v) is 2.34. The van der Waals surface area contributed by atoms with Crippen LogP contribution in [0.15, 0.2) is 22.7 Å². The van der Waals surface area contributed by atoms with Crippen LogP contribution in [0.1, 0.15) is 46.4 Å². The summed E-state index contributed by atoms with van der Waals surface area (Å²) < 4.78 is 0.747. The number of nitrogens with one attached hydrogen (secondary N) is 2. The van der Waals surface area contributed by atoms with Gasteiger partial charge in [0.2, 0.25) is 0 Å². The van der Waals surface area contributed by atoms with Crippen LogP contribution in [0.2, 0.25) is 0 Å². The molecule has 0 atom stereocenters. The Bertz CT molecular complexity index is 492. The molecular formula is C14H15BrN2O2. The molecule has 100 valence electrons. The van der Waals surface area contributed by atoms with E-state index in [0.717, 1.165) is 30.2 Å². The SMILES string of the molecule is O=C(NC1CC1)c1cc(Br)cc(C(=O)NC2CC2)c1. The Balaban J connectivity index is 1.77. The summed E-state index contributed by atoms with van der Waals surface area (Å²) in [6.07, 6.45) is 4.20. The predicted octanol–water partition coefficient (Wildman–Crippen LogP) is 2.23. The number of halogens is 1. The first-order valence-electron chi connectivity index (χ1n) is 6.54. The highest BCUT2D eigenvalue weighted by Crippen LogP contribution is 2.22. The standard InChI is InChI=1S/C14H15BrN2O2/c15-10-6-8(13(18)16-11-1-2-11)5-9(7-10)14(19)17-12-3-4-12/h5-7,11-12H,1-4H2,(H,16,18)(H,17,19). The smallest absolute Gasteiger partial charge is 0.251 e. The summed E-state index contributed by atoms with van der Waals surface area (Å²) in [7, 11) is 0. The molecule has 5 heteroatoms. The minimum absolute atomic E-state index is 0.107. The monoisotopic (exact) mass is 322 g/mol. The molecule has 0 saturated heterocycles. The molecule has 2 amide bonds. The van der Waals surface area contributed by atoms with Crippen molar-refractivity contribution >= 4 is 27.7 Å². The third-order valence-corrected chi connectivity index (χ3v) is 3.71. The molecule has 0 aromatic heterocycles. The molecule has 1 aromatic carbocycles. The summed E-state index contributed by atoms with van der Waals surface area (Å²) in [5.74, 6) is -0.214. The van der Waals surface area contributed by atoms with Crippen LogP contribution < -0.4 is 10.6 Å². The first-order valence-corrected chi connectivity index (χ1v) is 7.33. The van der Waals surface area contributed by atoms with Gasteiger partial charge >= 0.3 is 0 Å². The van der Waals surface area contributed by atoms with Gasteiger partial charge in [-0.2, -0.15) is 0 Å². The third kappa shape index (κ3) is 3.35. The van der Waals surface area contributed by atoms with E-state index in [1.54, 1.807) is 18.2 Å². The van der Waals surface area contributed by atoms with Crippen molar-refractivity contribution in [3.63, 3.8) is 0 Å². The summed E-state index contributed by atoms with van der Waals surface area (Å²) >= 11 is 3.35. The maximum absolute atomic E-state index is 12.0. The molecule has 2 aliphatic rings. The molecule has 2 saturated carbocycles. The molecule has 0 bridgehead atoms. The Hall–Kier alpha value is -1.36. The molecule has 0 radical (unpaired) electrons. The fourth-order valence-electron chi connectivity index (χ4n) is 1.84. The van der Waals surface area contributed by atoms with E-state index in [-0.39, 0.29) is 11.8 Å². The lowest BCUT2D eigenvalue weighted by Crippen LogP contribution is -2.27. The highest BCUT2D eigenvalue weighted by molar-refractivity contribution is 9.10. The molecule has 1 aromatic rings. The molecule has 4 nitrogen and oxygen atoms in total. The van der Waals surface area contributed by atoms with Crippen molar-refractivity contribution in [2.45, 2.75) is 37.8 Å². The van der Waals surface area contributed by atoms with Crippen LogP contribution in [0.3, 0.4) is 0 Å². The molecule has 2 N–H and O–H groups in total. The summed E-state index contributed by atoms with van der Waals surface area (Å²) in [4.78, 5) is 24.0. The van der Waals surface area contributed by atoms with Gasteiger partial charge in [-0.3, -0.25) is 9.59 Å². The van der Waals surface area contributed by atoms with E-state index in [4.69, 9.17) is 0 Å². The highest BCUT2D eigenvalue weighted by Gasteiger charge is 2.26. The first-order chi connectivity index (χ1) is 9.11. The van der Waals surface area contributed by atoms with Crippen LogP contribution in [0, 0.1) is 0 Å². The lowest BCUT2D eigenvalue weighted by Gasteiger charge is -2.08. The molecule has 0 spiro atoms. The topological polar surface area (TPSA) is 58.2 Å². The lowest BCUT2D eigenvalue weighted by atomic mass is 10.1. The summed E-state index contributed by atoms with van der Waals surface area (Å²) in [5, 5.41) is 5.85. The molecule has 2 fully saturated rings. The summed E-state index contributed by atoms with van der Waals surface area (Å²) in [6, 6.07) is 5.77. The maximum Gasteiger partial charge on any atom is 0.251 e. The molecule has 0 heterocycles. The normalized spacial score (nSPS) is 17.9. The van der Waals surface area contributed by atoms with Gasteiger partial charge in [-0.1, -0.05) is 15.9 Å². The zero-order chi connectivity index (χ0) is 13.4. The van der Waals surface area contributed by atoms with Crippen LogP contribution in [0.5, 0.6) is 0 Å². The molecule has 0 aliphatic heterocycles. The Morgan fingerprint density at radius 1 is 0.895 bits per heavy atom. The van der Waals surface area contributed by atoms with E-state index in [9.17, 15) is 9.59 Å². The minimum Gasteiger partial charge on any atom is -0.349 e. The van der Waals surface area contributed by atoms with Gasteiger partial charge in [0.25, 0.3) is 11.8 Å². The van der Waals surface area contributed by atoms with E-state index < -0.39 is 0 Å². The number of hydrogen-bond acceptors (Lipinski definition) is 2. The molecule has 19 heavy (non-hydrogen) atoms.